The molecule has 0 spiro atoms. The first kappa shape index (κ1) is 12.7. The maximum absolute atomic E-state index is 11.6. The molecule has 1 atom stereocenters. The van der Waals surface area contributed by atoms with E-state index in [0.29, 0.717) is 28.6 Å². The van der Waals surface area contributed by atoms with Crippen LogP contribution >= 0.6 is 23.2 Å². The number of hydrogen-bond donors (Lipinski definition) is 2. The van der Waals surface area contributed by atoms with Gasteiger partial charge in [-0.3, -0.25) is 4.79 Å². The van der Waals surface area contributed by atoms with E-state index < -0.39 is 11.4 Å². The largest absolute Gasteiger partial charge is 0.481 e. The summed E-state index contributed by atoms with van der Waals surface area (Å²) in [5, 5.41) is 13.5. The zero-order valence-electron chi connectivity index (χ0n) is 9.17. The van der Waals surface area contributed by atoms with Gasteiger partial charge in [-0.2, -0.15) is 0 Å². The van der Waals surface area contributed by atoms with Crippen LogP contribution in [0.2, 0.25) is 10.0 Å². The van der Waals surface area contributed by atoms with E-state index in [4.69, 9.17) is 23.2 Å². The molecule has 17 heavy (non-hydrogen) atoms. The van der Waals surface area contributed by atoms with Gasteiger partial charge in [-0.25, -0.2) is 0 Å². The molecule has 0 aliphatic carbocycles. The SMILES string of the molecule is O=C(O)C1(c2ccc(Cl)c(Cl)c2)CCCNC1. The molecule has 1 aromatic carbocycles. The van der Waals surface area contributed by atoms with E-state index in [1.807, 2.05) is 0 Å². The van der Waals surface area contributed by atoms with E-state index in [-0.39, 0.29) is 0 Å². The van der Waals surface area contributed by atoms with Gasteiger partial charge in [-0.05, 0) is 37.1 Å². The van der Waals surface area contributed by atoms with E-state index >= 15 is 0 Å². The van der Waals surface area contributed by atoms with Crippen LogP contribution in [0.25, 0.3) is 0 Å². The number of carboxylic acid groups (broad SMARTS) is 1. The van der Waals surface area contributed by atoms with Gasteiger partial charge < -0.3 is 10.4 Å². The quantitative estimate of drug-likeness (QED) is 0.871. The molecule has 1 aliphatic rings. The average Bonchev–Trinajstić information content (AvgIpc) is 2.33. The van der Waals surface area contributed by atoms with Crippen LogP contribution in [0.3, 0.4) is 0 Å². The van der Waals surface area contributed by atoms with Crippen LogP contribution in [0.1, 0.15) is 18.4 Å². The number of halogens is 2. The summed E-state index contributed by atoms with van der Waals surface area (Å²) in [4.78, 5) is 11.6. The Hall–Kier alpha value is -0.770. The Kier molecular flexibility index (Phi) is 3.61. The Morgan fingerprint density at radius 3 is 2.65 bits per heavy atom. The molecule has 5 heteroatoms. The minimum atomic E-state index is -0.882. The van der Waals surface area contributed by atoms with E-state index in [2.05, 4.69) is 5.32 Å². The number of hydrogen-bond acceptors (Lipinski definition) is 2. The highest BCUT2D eigenvalue weighted by atomic mass is 35.5. The third-order valence-corrected chi connectivity index (χ3v) is 4.00. The number of carbonyl (C=O) groups is 1. The summed E-state index contributed by atoms with van der Waals surface area (Å²) in [7, 11) is 0. The summed E-state index contributed by atoms with van der Waals surface area (Å²) in [6.45, 7) is 1.29. The highest BCUT2D eigenvalue weighted by molar-refractivity contribution is 6.42. The summed E-state index contributed by atoms with van der Waals surface area (Å²) < 4.78 is 0. The summed E-state index contributed by atoms with van der Waals surface area (Å²) >= 11 is 11.8. The number of carboxylic acids is 1. The van der Waals surface area contributed by atoms with Crippen LogP contribution in [-0.4, -0.2) is 24.2 Å². The first-order valence-electron chi connectivity index (χ1n) is 5.46. The molecule has 1 aromatic rings. The van der Waals surface area contributed by atoms with Crippen molar-refractivity contribution in [2.45, 2.75) is 18.3 Å². The highest BCUT2D eigenvalue weighted by Gasteiger charge is 2.41. The molecule has 92 valence electrons. The number of aliphatic carboxylic acids is 1. The highest BCUT2D eigenvalue weighted by Crippen LogP contribution is 2.35. The normalized spacial score (nSPS) is 24.6. The summed E-state index contributed by atoms with van der Waals surface area (Å²) in [5.41, 5.74) is -0.168. The molecular weight excluding hydrogens is 261 g/mol. The van der Waals surface area contributed by atoms with E-state index in [1.54, 1.807) is 18.2 Å². The van der Waals surface area contributed by atoms with Crippen molar-refractivity contribution in [2.24, 2.45) is 0 Å². The third-order valence-electron chi connectivity index (χ3n) is 3.27. The lowest BCUT2D eigenvalue weighted by Crippen LogP contribution is -2.49. The first-order chi connectivity index (χ1) is 8.06. The van der Waals surface area contributed by atoms with Crippen molar-refractivity contribution >= 4 is 29.2 Å². The maximum Gasteiger partial charge on any atom is 0.315 e. The first-order valence-corrected chi connectivity index (χ1v) is 6.21. The van der Waals surface area contributed by atoms with Crippen molar-refractivity contribution in [1.29, 1.82) is 0 Å². The average molecular weight is 274 g/mol. The van der Waals surface area contributed by atoms with Gasteiger partial charge in [0.1, 0.15) is 5.41 Å². The summed E-state index contributed by atoms with van der Waals surface area (Å²) in [6.07, 6.45) is 1.46. The molecular formula is C12H13Cl2NO2. The van der Waals surface area contributed by atoms with Crippen molar-refractivity contribution in [1.82, 2.24) is 5.32 Å². The fourth-order valence-corrected chi connectivity index (χ4v) is 2.55. The van der Waals surface area contributed by atoms with E-state index in [0.717, 1.165) is 13.0 Å². The second-order valence-corrected chi connectivity index (χ2v) is 5.11. The topological polar surface area (TPSA) is 49.3 Å². The van der Waals surface area contributed by atoms with Gasteiger partial charge >= 0.3 is 5.97 Å². The molecule has 2 N–H and O–H groups in total. The van der Waals surface area contributed by atoms with Crippen molar-refractivity contribution in [3.63, 3.8) is 0 Å². The van der Waals surface area contributed by atoms with Gasteiger partial charge in [0.05, 0.1) is 10.0 Å². The van der Waals surface area contributed by atoms with Gasteiger partial charge in [0.15, 0.2) is 0 Å². The Balaban J connectivity index is 2.45. The maximum atomic E-state index is 11.6. The minimum Gasteiger partial charge on any atom is -0.481 e. The number of rotatable bonds is 2. The molecule has 1 heterocycles. The predicted molar refractivity (Wildman–Crippen MR) is 67.9 cm³/mol. The number of benzene rings is 1. The fourth-order valence-electron chi connectivity index (χ4n) is 2.25. The molecule has 1 fully saturated rings. The Bertz CT molecular complexity index is 442. The zero-order valence-corrected chi connectivity index (χ0v) is 10.7. The molecule has 0 saturated carbocycles. The Morgan fingerprint density at radius 1 is 1.35 bits per heavy atom. The standard InChI is InChI=1S/C12H13Cl2NO2/c13-9-3-2-8(6-10(9)14)12(11(16)17)4-1-5-15-7-12/h2-3,6,15H,1,4-5,7H2,(H,16,17). The van der Waals surface area contributed by atoms with Crippen molar-refractivity contribution in [2.75, 3.05) is 13.1 Å². The molecule has 0 bridgehead atoms. The Morgan fingerprint density at radius 2 is 2.12 bits per heavy atom. The molecule has 0 amide bonds. The van der Waals surface area contributed by atoms with Gasteiger partial charge in [0.2, 0.25) is 0 Å². The molecule has 2 rings (SSSR count). The monoisotopic (exact) mass is 273 g/mol. The van der Waals surface area contributed by atoms with Crippen molar-refractivity contribution in [3.8, 4) is 0 Å². The molecule has 0 aromatic heterocycles. The minimum absolute atomic E-state index is 0.398. The smallest absolute Gasteiger partial charge is 0.315 e. The fraction of sp³-hybridized carbons (Fsp3) is 0.417. The van der Waals surface area contributed by atoms with Gasteiger partial charge in [-0.1, -0.05) is 29.3 Å². The lowest BCUT2D eigenvalue weighted by Gasteiger charge is -2.34. The van der Waals surface area contributed by atoms with Crippen LogP contribution < -0.4 is 5.32 Å². The van der Waals surface area contributed by atoms with Crippen LogP contribution in [0.5, 0.6) is 0 Å². The van der Waals surface area contributed by atoms with Crippen LogP contribution in [0, 0.1) is 0 Å². The van der Waals surface area contributed by atoms with Gasteiger partial charge in [0, 0.05) is 6.54 Å². The number of nitrogens with one attached hydrogen (secondary N) is 1. The van der Waals surface area contributed by atoms with Crippen LogP contribution in [0.15, 0.2) is 18.2 Å². The second kappa shape index (κ2) is 4.84. The molecule has 1 saturated heterocycles. The van der Waals surface area contributed by atoms with Crippen LogP contribution in [0.4, 0.5) is 0 Å². The summed E-state index contributed by atoms with van der Waals surface area (Å²) in [6, 6.07) is 5.05. The molecule has 0 radical (unpaired) electrons. The predicted octanol–water partition coefficient (Wildman–Crippen LogP) is 2.70. The molecule has 1 aliphatic heterocycles. The third kappa shape index (κ3) is 2.28. The summed E-state index contributed by atoms with van der Waals surface area (Å²) in [5.74, 6) is -0.817. The lowest BCUT2D eigenvalue weighted by atomic mass is 9.75. The van der Waals surface area contributed by atoms with Gasteiger partial charge in [0.25, 0.3) is 0 Å². The zero-order chi connectivity index (χ0) is 12.5. The second-order valence-electron chi connectivity index (χ2n) is 4.30. The van der Waals surface area contributed by atoms with E-state index in [9.17, 15) is 9.90 Å². The number of piperidine rings is 1. The molecule has 1 unspecified atom stereocenters. The van der Waals surface area contributed by atoms with E-state index in [1.165, 1.54) is 0 Å². The van der Waals surface area contributed by atoms with Crippen molar-refractivity contribution in [3.05, 3.63) is 33.8 Å². The van der Waals surface area contributed by atoms with Crippen molar-refractivity contribution < 1.29 is 9.90 Å². The lowest BCUT2D eigenvalue weighted by molar-refractivity contribution is -0.144. The Labute approximate surface area is 110 Å². The van der Waals surface area contributed by atoms with Crippen LogP contribution in [-0.2, 0) is 10.2 Å². The molecule has 3 nitrogen and oxygen atoms in total. The van der Waals surface area contributed by atoms with Gasteiger partial charge in [-0.15, -0.1) is 0 Å².